The number of nitrogens with one attached hydrogen (secondary N) is 2. The van der Waals surface area contributed by atoms with Crippen molar-refractivity contribution in [1.82, 2.24) is 4.98 Å². The molecule has 2 amide bonds. The van der Waals surface area contributed by atoms with Gasteiger partial charge in [-0.3, -0.25) is 9.59 Å². The summed E-state index contributed by atoms with van der Waals surface area (Å²) in [6.45, 7) is 1.37. The van der Waals surface area contributed by atoms with Crippen LogP contribution < -0.4 is 10.6 Å². The van der Waals surface area contributed by atoms with Gasteiger partial charge in [-0.1, -0.05) is 6.07 Å². The molecule has 0 bridgehead atoms. The van der Waals surface area contributed by atoms with E-state index in [1.54, 1.807) is 24.3 Å². The number of fused-ring (bicyclic) bond motifs is 1. The van der Waals surface area contributed by atoms with Crippen LogP contribution in [0.5, 0.6) is 0 Å². The molecule has 1 heterocycles. The smallest absolute Gasteiger partial charge is 0.326 e. The summed E-state index contributed by atoms with van der Waals surface area (Å²) in [6.07, 6.45) is -4.52. The van der Waals surface area contributed by atoms with E-state index in [0.29, 0.717) is 22.7 Å². The third-order valence-corrected chi connectivity index (χ3v) is 4.40. The van der Waals surface area contributed by atoms with Crippen molar-refractivity contribution in [3.05, 3.63) is 53.0 Å². The summed E-state index contributed by atoms with van der Waals surface area (Å²) in [6, 6.07) is 10.7. The number of benzene rings is 2. The van der Waals surface area contributed by atoms with E-state index in [1.807, 2.05) is 0 Å². The molecular formula is C17H12F3N3O2S. The highest BCUT2D eigenvalue weighted by Gasteiger charge is 2.34. The Bertz CT molecular complexity index is 998. The van der Waals surface area contributed by atoms with Crippen molar-refractivity contribution in [3.63, 3.8) is 0 Å². The molecular weight excluding hydrogens is 367 g/mol. The SMILES string of the molecule is CC(=O)Nc1cccc(NC(=O)c2ccc3nc(C(F)(F)F)sc3c2)c1. The summed E-state index contributed by atoms with van der Waals surface area (Å²) in [4.78, 5) is 27.0. The molecule has 5 nitrogen and oxygen atoms in total. The summed E-state index contributed by atoms with van der Waals surface area (Å²) < 4.78 is 38.5. The molecule has 0 aliphatic rings. The second-order valence-electron chi connectivity index (χ2n) is 5.42. The van der Waals surface area contributed by atoms with E-state index >= 15 is 0 Å². The summed E-state index contributed by atoms with van der Waals surface area (Å²) in [5.74, 6) is -0.724. The highest BCUT2D eigenvalue weighted by atomic mass is 32.1. The Hall–Kier alpha value is -2.94. The normalized spacial score (nSPS) is 11.4. The van der Waals surface area contributed by atoms with Crippen LogP contribution in [-0.2, 0) is 11.0 Å². The molecule has 2 N–H and O–H groups in total. The highest BCUT2D eigenvalue weighted by molar-refractivity contribution is 7.18. The lowest BCUT2D eigenvalue weighted by molar-refractivity contribution is -0.137. The Kier molecular flexibility index (Phi) is 4.64. The highest BCUT2D eigenvalue weighted by Crippen LogP contribution is 2.35. The minimum atomic E-state index is -4.52. The number of anilines is 2. The van der Waals surface area contributed by atoms with Gasteiger partial charge in [-0.05, 0) is 36.4 Å². The lowest BCUT2D eigenvalue weighted by Crippen LogP contribution is -2.12. The maximum Gasteiger partial charge on any atom is 0.443 e. The number of hydrogen-bond donors (Lipinski definition) is 2. The van der Waals surface area contributed by atoms with Crippen LogP contribution in [-0.4, -0.2) is 16.8 Å². The second-order valence-corrected chi connectivity index (χ2v) is 6.45. The van der Waals surface area contributed by atoms with E-state index in [2.05, 4.69) is 15.6 Å². The molecule has 26 heavy (non-hydrogen) atoms. The van der Waals surface area contributed by atoms with Crippen molar-refractivity contribution in [1.29, 1.82) is 0 Å². The van der Waals surface area contributed by atoms with Gasteiger partial charge in [0.1, 0.15) is 0 Å². The number of carbonyl (C=O) groups excluding carboxylic acids is 2. The Morgan fingerprint density at radius 1 is 1.04 bits per heavy atom. The first kappa shape index (κ1) is 17.9. The summed E-state index contributed by atoms with van der Waals surface area (Å²) in [5, 5.41) is 4.29. The van der Waals surface area contributed by atoms with Crippen molar-refractivity contribution in [2.75, 3.05) is 10.6 Å². The zero-order valence-corrected chi connectivity index (χ0v) is 14.2. The number of aromatic nitrogens is 1. The van der Waals surface area contributed by atoms with Gasteiger partial charge >= 0.3 is 6.18 Å². The summed E-state index contributed by atoms with van der Waals surface area (Å²) in [5.41, 5.74) is 1.36. The van der Waals surface area contributed by atoms with Gasteiger partial charge in [0.05, 0.1) is 10.2 Å². The third-order valence-electron chi connectivity index (χ3n) is 3.33. The quantitative estimate of drug-likeness (QED) is 0.703. The maximum absolute atomic E-state index is 12.7. The standard InChI is InChI=1S/C17H12F3N3O2S/c1-9(24)21-11-3-2-4-12(8-11)22-15(25)10-5-6-13-14(7-10)26-16(23-13)17(18,19)20/h2-8H,1H3,(H,21,24)(H,22,25). The molecule has 0 radical (unpaired) electrons. The Balaban J connectivity index is 1.82. The second kappa shape index (κ2) is 6.75. The minimum Gasteiger partial charge on any atom is -0.326 e. The molecule has 1 aromatic heterocycles. The molecule has 0 spiro atoms. The van der Waals surface area contributed by atoms with Crippen LogP contribution >= 0.6 is 11.3 Å². The van der Waals surface area contributed by atoms with E-state index in [1.165, 1.54) is 25.1 Å². The molecule has 0 saturated carbocycles. The van der Waals surface area contributed by atoms with E-state index in [4.69, 9.17) is 0 Å². The molecule has 134 valence electrons. The van der Waals surface area contributed by atoms with Crippen LogP contribution in [0, 0.1) is 0 Å². The van der Waals surface area contributed by atoms with Crippen LogP contribution in [0.4, 0.5) is 24.5 Å². The Morgan fingerprint density at radius 2 is 1.73 bits per heavy atom. The number of hydrogen-bond acceptors (Lipinski definition) is 4. The van der Waals surface area contributed by atoms with E-state index < -0.39 is 17.1 Å². The van der Waals surface area contributed by atoms with Gasteiger partial charge in [-0.25, -0.2) is 4.98 Å². The summed E-state index contributed by atoms with van der Waals surface area (Å²) in [7, 11) is 0. The number of carbonyl (C=O) groups is 2. The molecule has 2 aromatic carbocycles. The lowest BCUT2D eigenvalue weighted by atomic mass is 10.2. The number of nitrogens with zero attached hydrogens (tertiary/aromatic N) is 1. The first-order valence-corrected chi connectivity index (χ1v) is 8.21. The van der Waals surface area contributed by atoms with Crippen molar-refractivity contribution in [3.8, 4) is 0 Å². The largest absolute Gasteiger partial charge is 0.443 e. The monoisotopic (exact) mass is 379 g/mol. The average molecular weight is 379 g/mol. The number of alkyl halides is 3. The van der Waals surface area contributed by atoms with E-state index in [9.17, 15) is 22.8 Å². The van der Waals surface area contributed by atoms with Crippen molar-refractivity contribution < 1.29 is 22.8 Å². The zero-order chi connectivity index (χ0) is 18.9. The zero-order valence-electron chi connectivity index (χ0n) is 13.3. The van der Waals surface area contributed by atoms with Gasteiger partial charge in [0, 0.05) is 23.9 Å². The number of amides is 2. The van der Waals surface area contributed by atoms with Crippen molar-refractivity contribution in [2.45, 2.75) is 13.1 Å². The molecule has 0 saturated heterocycles. The summed E-state index contributed by atoms with van der Waals surface area (Å²) >= 11 is 0.488. The topological polar surface area (TPSA) is 71.1 Å². The lowest BCUT2D eigenvalue weighted by Gasteiger charge is -2.08. The van der Waals surface area contributed by atoms with Gasteiger partial charge in [0.15, 0.2) is 5.01 Å². The van der Waals surface area contributed by atoms with E-state index in [-0.39, 0.29) is 21.7 Å². The maximum atomic E-state index is 12.7. The van der Waals surface area contributed by atoms with Gasteiger partial charge < -0.3 is 10.6 Å². The molecule has 0 atom stereocenters. The fourth-order valence-electron chi connectivity index (χ4n) is 2.27. The van der Waals surface area contributed by atoms with Gasteiger partial charge in [0.2, 0.25) is 5.91 Å². The number of thiazole rings is 1. The number of rotatable bonds is 3. The van der Waals surface area contributed by atoms with Crippen LogP contribution in [0.25, 0.3) is 10.2 Å². The van der Waals surface area contributed by atoms with Gasteiger partial charge in [0.25, 0.3) is 5.91 Å². The first-order valence-electron chi connectivity index (χ1n) is 7.39. The average Bonchev–Trinajstić information content (AvgIpc) is 2.98. The third kappa shape index (κ3) is 3.99. The first-order chi connectivity index (χ1) is 12.2. The fraction of sp³-hybridized carbons (Fsp3) is 0.118. The van der Waals surface area contributed by atoms with Crippen molar-refractivity contribution >= 4 is 44.7 Å². The number of halogens is 3. The molecule has 0 unspecified atom stereocenters. The van der Waals surface area contributed by atoms with Gasteiger partial charge in [-0.15, -0.1) is 11.3 Å². The van der Waals surface area contributed by atoms with Crippen molar-refractivity contribution in [2.24, 2.45) is 0 Å². The molecule has 0 aliphatic carbocycles. The molecule has 3 aromatic rings. The predicted molar refractivity (Wildman–Crippen MR) is 93.3 cm³/mol. The van der Waals surface area contributed by atoms with Gasteiger partial charge in [-0.2, -0.15) is 13.2 Å². The Morgan fingerprint density at radius 3 is 2.38 bits per heavy atom. The van der Waals surface area contributed by atoms with Crippen LogP contribution in [0.1, 0.15) is 22.3 Å². The van der Waals surface area contributed by atoms with Crippen LogP contribution in [0.2, 0.25) is 0 Å². The molecule has 0 fully saturated rings. The fourth-order valence-corrected chi connectivity index (χ4v) is 3.14. The molecule has 0 aliphatic heterocycles. The van der Waals surface area contributed by atoms with E-state index in [0.717, 1.165) is 0 Å². The molecule has 9 heteroatoms. The molecule has 3 rings (SSSR count). The minimum absolute atomic E-state index is 0.187. The Labute approximate surface area is 149 Å². The van der Waals surface area contributed by atoms with Crippen LogP contribution in [0.3, 0.4) is 0 Å². The van der Waals surface area contributed by atoms with Crippen LogP contribution in [0.15, 0.2) is 42.5 Å². The predicted octanol–water partition coefficient (Wildman–Crippen LogP) is 4.53.